The minimum absolute atomic E-state index is 0. The van der Waals surface area contributed by atoms with Gasteiger partial charge in [0.25, 0.3) is 0 Å². The normalized spacial score (nSPS) is 26.0. The quantitative estimate of drug-likeness (QED) is 0.867. The molecule has 0 aromatic heterocycles. The lowest BCUT2D eigenvalue weighted by molar-refractivity contribution is -0.138. The Hall–Kier alpha value is -0.770. The molecule has 1 atom stereocenters. The Labute approximate surface area is 156 Å². The van der Waals surface area contributed by atoms with Crippen LogP contribution in [0.1, 0.15) is 51.0 Å². The Morgan fingerprint density at radius 3 is 2.54 bits per heavy atom. The number of hydrogen-bond donors (Lipinski definition) is 1. The zero-order valence-corrected chi connectivity index (χ0v) is 16.0. The van der Waals surface area contributed by atoms with Gasteiger partial charge in [0.05, 0.1) is 5.41 Å². The van der Waals surface area contributed by atoms with Crippen molar-refractivity contribution in [3.05, 3.63) is 34.9 Å². The molecule has 1 heterocycles. The predicted octanol–water partition coefficient (Wildman–Crippen LogP) is 4.16. The summed E-state index contributed by atoms with van der Waals surface area (Å²) in [5.74, 6) is 0.289. The Morgan fingerprint density at radius 2 is 1.96 bits per heavy atom. The third kappa shape index (κ3) is 3.58. The van der Waals surface area contributed by atoms with E-state index in [0.717, 1.165) is 50.8 Å². The van der Waals surface area contributed by atoms with Crippen LogP contribution in [-0.2, 0) is 10.2 Å². The summed E-state index contributed by atoms with van der Waals surface area (Å²) in [6.45, 7) is 4.44. The van der Waals surface area contributed by atoms with Crippen molar-refractivity contribution in [2.24, 2.45) is 11.1 Å². The second-order valence-corrected chi connectivity index (χ2v) is 8.08. The highest BCUT2D eigenvalue weighted by Gasteiger charge is 2.46. The van der Waals surface area contributed by atoms with Crippen LogP contribution in [0.2, 0.25) is 5.02 Å². The lowest BCUT2D eigenvalue weighted by atomic mass is 9.68. The summed E-state index contributed by atoms with van der Waals surface area (Å²) in [6, 6.07) is 7.92. The number of benzene rings is 1. The second-order valence-electron chi connectivity index (χ2n) is 7.64. The van der Waals surface area contributed by atoms with E-state index in [-0.39, 0.29) is 29.1 Å². The maximum Gasteiger partial charge on any atom is 0.233 e. The van der Waals surface area contributed by atoms with E-state index in [4.69, 9.17) is 17.3 Å². The standard InChI is InChI=1S/C19H27ClN2O.ClH/c1-18(13-21)10-11-22(14-18)17(23)19(8-3-2-4-9-19)15-6-5-7-16(20)12-15;/h5-7,12H,2-4,8-11,13-14,21H2,1H3;1H. The van der Waals surface area contributed by atoms with Crippen LogP contribution in [0.3, 0.4) is 0 Å². The van der Waals surface area contributed by atoms with Crippen LogP contribution in [0.5, 0.6) is 0 Å². The molecule has 2 N–H and O–H groups in total. The van der Waals surface area contributed by atoms with E-state index >= 15 is 0 Å². The summed E-state index contributed by atoms with van der Waals surface area (Å²) in [6.07, 6.45) is 6.31. The fourth-order valence-corrected chi connectivity index (χ4v) is 4.42. The van der Waals surface area contributed by atoms with Crippen LogP contribution in [0.15, 0.2) is 24.3 Å². The molecular formula is C19H28Cl2N2O. The van der Waals surface area contributed by atoms with E-state index in [1.807, 2.05) is 18.2 Å². The van der Waals surface area contributed by atoms with Gasteiger partial charge >= 0.3 is 0 Å². The molecule has 2 fully saturated rings. The first-order valence-electron chi connectivity index (χ1n) is 8.75. The average molecular weight is 371 g/mol. The Bertz CT molecular complexity index is 586. The third-order valence-corrected chi connectivity index (χ3v) is 6.07. The molecule has 1 aliphatic carbocycles. The second kappa shape index (κ2) is 7.63. The van der Waals surface area contributed by atoms with Gasteiger partial charge in [0.15, 0.2) is 0 Å². The lowest BCUT2D eigenvalue weighted by Crippen LogP contribution is -2.48. The molecule has 134 valence electrons. The highest BCUT2D eigenvalue weighted by atomic mass is 35.5. The van der Waals surface area contributed by atoms with Gasteiger partial charge in [-0.3, -0.25) is 4.79 Å². The maximum atomic E-state index is 13.5. The Balaban J connectivity index is 0.00000208. The molecule has 3 rings (SSSR count). The topological polar surface area (TPSA) is 46.3 Å². The summed E-state index contributed by atoms with van der Waals surface area (Å²) in [4.78, 5) is 15.5. The molecule has 2 aliphatic rings. The van der Waals surface area contributed by atoms with Gasteiger partial charge in [0.1, 0.15) is 0 Å². The molecule has 0 radical (unpaired) electrons. The molecule has 1 unspecified atom stereocenters. The predicted molar refractivity (Wildman–Crippen MR) is 102 cm³/mol. The van der Waals surface area contributed by atoms with Crippen molar-refractivity contribution in [1.82, 2.24) is 4.90 Å². The number of carbonyl (C=O) groups excluding carboxylic acids is 1. The van der Waals surface area contributed by atoms with Crippen LogP contribution in [0.25, 0.3) is 0 Å². The summed E-state index contributed by atoms with van der Waals surface area (Å²) < 4.78 is 0. The fraction of sp³-hybridized carbons (Fsp3) is 0.632. The van der Waals surface area contributed by atoms with Gasteiger partial charge in [-0.2, -0.15) is 0 Å². The van der Waals surface area contributed by atoms with Crippen molar-refractivity contribution < 1.29 is 4.79 Å². The van der Waals surface area contributed by atoms with Crippen LogP contribution in [0, 0.1) is 5.41 Å². The molecule has 0 bridgehead atoms. The zero-order chi connectivity index (χ0) is 16.5. The third-order valence-electron chi connectivity index (χ3n) is 5.83. The monoisotopic (exact) mass is 370 g/mol. The summed E-state index contributed by atoms with van der Waals surface area (Å²) in [5, 5.41) is 0.716. The number of nitrogens with two attached hydrogens (primary N) is 1. The number of likely N-dealkylation sites (tertiary alicyclic amines) is 1. The van der Waals surface area contributed by atoms with E-state index < -0.39 is 0 Å². The average Bonchev–Trinajstić information content (AvgIpc) is 2.98. The first kappa shape index (κ1) is 19.6. The first-order valence-corrected chi connectivity index (χ1v) is 9.12. The molecule has 3 nitrogen and oxygen atoms in total. The van der Waals surface area contributed by atoms with Gasteiger partial charge in [0, 0.05) is 18.1 Å². The van der Waals surface area contributed by atoms with Crippen molar-refractivity contribution in [1.29, 1.82) is 0 Å². The van der Waals surface area contributed by atoms with Crippen molar-refractivity contribution in [2.45, 2.75) is 50.9 Å². The van der Waals surface area contributed by atoms with E-state index in [1.165, 1.54) is 6.42 Å². The van der Waals surface area contributed by atoms with Gasteiger partial charge in [-0.15, -0.1) is 12.4 Å². The molecule has 24 heavy (non-hydrogen) atoms. The molecule has 1 amide bonds. The molecule has 0 spiro atoms. The molecule has 1 aliphatic heterocycles. The molecule has 1 aromatic carbocycles. The number of rotatable bonds is 3. The van der Waals surface area contributed by atoms with E-state index in [0.29, 0.717) is 11.6 Å². The van der Waals surface area contributed by atoms with E-state index in [9.17, 15) is 4.79 Å². The molecule has 1 saturated carbocycles. The number of nitrogens with zero attached hydrogens (tertiary/aromatic N) is 1. The molecule has 5 heteroatoms. The van der Waals surface area contributed by atoms with Crippen molar-refractivity contribution in [3.63, 3.8) is 0 Å². The highest BCUT2D eigenvalue weighted by Crippen LogP contribution is 2.43. The summed E-state index contributed by atoms with van der Waals surface area (Å²) in [5.41, 5.74) is 6.69. The first-order chi connectivity index (χ1) is 11.0. The Morgan fingerprint density at radius 1 is 1.25 bits per heavy atom. The number of carbonyl (C=O) groups is 1. The van der Waals surface area contributed by atoms with E-state index in [2.05, 4.69) is 17.9 Å². The van der Waals surface area contributed by atoms with Crippen molar-refractivity contribution in [2.75, 3.05) is 19.6 Å². The molecule has 1 aromatic rings. The highest BCUT2D eigenvalue weighted by molar-refractivity contribution is 6.30. The number of hydrogen-bond acceptors (Lipinski definition) is 2. The van der Waals surface area contributed by atoms with Gasteiger partial charge in [-0.25, -0.2) is 0 Å². The van der Waals surface area contributed by atoms with Crippen LogP contribution < -0.4 is 5.73 Å². The zero-order valence-electron chi connectivity index (χ0n) is 14.4. The fourth-order valence-electron chi connectivity index (χ4n) is 4.23. The summed E-state index contributed by atoms with van der Waals surface area (Å²) >= 11 is 6.22. The summed E-state index contributed by atoms with van der Waals surface area (Å²) in [7, 11) is 0. The Kier molecular flexibility index (Phi) is 6.22. The SMILES string of the molecule is CC1(CN)CCN(C(=O)C2(c3cccc(Cl)c3)CCCCC2)C1.Cl. The molecular weight excluding hydrogens is 343 g/mol. The van der Waals surface area contributed by atoms with Crippen LogP contribution in [0.4, 0.5) is 0 Å². The minimum Gasteiger partial charge on any atom is -0.341 e. The largest absolute Gasteiger partial charge is 0.341 e. The van der Waals surface area contributed by atoms with Gasteiger partial charge in [-0.1, -0.05) is 49.9 Å². The van der Waals surface area contributed by atoms with Crippen LogP contribution in [-0.4, -0.2) is 30.4 Å². The smallest absolute Gasteiger partial charge is 0.233 e. The lowest BCUT2D eigenvalue weighted by Gasteiger charge is -2.39. The van der Waals surface area contributed by atoms with Crippen molar-refractivity contribution >= 4 is 29.9 Å². The maximum absolute atomic E-state index is 13.5. The van der Waals surface area contributed by atoms with E-state index in [1.54, 1.807) is 0 Å². The van der Waals surface area contributed by atoms with Gasteiger partial charge in [0.2, 0.25) is 5.91 Å². The van der Waals surface area contributed by atoms with Gasteiger partial charge in [-0.05, 0) is 48.9 Å². The van der Waals surface area contributed by atoms with Crippen LogP contribution >= 0.6 is 24.0 Å². The molecule has 1 saturated heterocycles. The van der Waals surface area contributed by atoms with Gasteiger partial charge < -0.3 is 10.6 Å². The van der Waals surface area contributed by atoms with Crippen molar-refractivity contribution in [3.8, 4) is 0 Å². The number of amides is 1. The minimum atomic E-state index is -0.386. The number of halogens is 2.